The average molecular weight is 792 g/mol. The summed E-state index contributed by atoms with van der Waals surface area (Å²) in [6, 6.07) is 64.2. The first kappa shape index (κ1) is 36.8. The molecule has 0 N–H and O–H groups in total. The molecule has 0 bridgehead atoms. The van der Waals surface area contributed by atoms with Crippen LogP contribution in [-0.2, 0) is 16.2 Å². The number of anilines is 3. The van der Waals surface area contributed by atoms with Gasteiger partial charge in [0.25, 0.3) is 0 Å². The molecule has 0 fully saturated rings. The highest BCUT2D eigenvalue weighted by atomic mass is 32.1. The quantitative estimate of drug-likeness (QED) is 0.168. The minimum Gasteiger partial charge on any atom is -0.309 e. The van der Waals surface area contributed by atoms with Crippen LogP contribution in [0.25, 0.3) is 64.7 Å². The Labute approximate surface area is 358 Å². The van der Waals surface area contributed by atoms with Gasteiger partial charge in [0.1, 0.15) is 0 Å². The van der Waals surface area contributed by atoms with Gasteiger partial charge in [-0.25, -0.2) is 0 Å². The lowest BCUT2D eigenvalue weighted by atomic mass is 9.79. The molecular weight excluding hydrogens is 743 g/mol. The van der Waals surface area contributed by atoms with Gasteiger partial charge < -0.3 is 4.90 Å². The van der Waals surface area contributed by atoms with E-state index in [4.69, 9.17) is 0 Å². The van der Waals surface area contributed by atoms with Crippen molar-refractivity contribution >= 4 is 48.6 Å². The van der Waals surface area contributed by atoms with E-state index in [-0.39, 0.29) is 16.2 Å². The van der Waals surface area contributed by atoms with Crippen LogP contribution in [-0.4, -0.2) is 0 Å². The van der Waals surface area contributed by atoms with Crippen molar-refractivity contribution in [3.8, 4) is 44.5 Å². The number of benzene rings is 8. The molecule has 0 unspecified atom stereocenters. The minimum absolute atomic E-state index is 0.0492. The van der Waals surface area contributed by atoms with E-state index in [1.165, 1.54) is 98.2 Å². The van der Waals surface area contributed by atoms with E-state index < -0.39 is 0 Å². The Kier molecular flexibility index (Phi) is 8.07. The number of fused-ring (bicyclic) bond motifs is 9. The van der Waals surface area contributed by atoms with E-state index in [1.807, 2.05) is 11.3 Å². The summed E-state index contributed by atoms with van der Waals surface area (Å²) in [6.45, 7) is 16.4. The number of hydrogen-bond acceptors (Lipinski definition) is 2. The standard InChI is InChI=1S/C58H49NS/c1-56(2,3)39-27-30-42-45-33-37(25-31-48(45)58(6,7)50(42)35-39)36-23-28-40(29-24-36)59(52-21-14-19-49-55(52)44-17-8-11-18-47(44)57(49,4)5)51-20-12-9-15-41(51)38-26-32-54-46(34-38)43-16-10-13-22-53(43)60-54/h8-35H,1-7H3. The SMILES string of the molecule is CC(C)(C)c1ccc2c(c1)C(C)(C)c1ccc(-c3ccc(N(c4ccccc4-c4ccc5sc6ccccc6c5c4)c4cccc5c4-c4ccccc4C5(C)C)cc3)cc1-2. The zero-order chi connectivity index (χ0) is 41.1. The van der Waals surface area contributed by atoms with Crippen molar-refractivity contribution in [2.24, 2.45) is 0 Å². The summed E-state index contributed by atoms with van der Waals surface area (Å²) >= 11 is 1.87. The van der Waals surface area contributed by atoms with Crippen LogP contribution >= 0.6 is 11.3 Å². The van der Waals surface area contributed by atoms with Crippen LogP contribution < -0.4 is 4.90 Å². The first-order chi connectivity index (χ1) is 28.9. The third kappa shape index (κ3) is 5.50. The van der Waals surface area contributed by atoms with Crippen molar-refractivity contribution in [3.05, 3.63) is 198 Å². The molecule has 0 saturated heterocycles. The highest BCUT2D eigenvalue weighted by molar-refractivity contribution is 7.25. The second-order valence-corrected chi connectivity index (χ2v) is 20.1. The third-order valence-corrected chi connectivity index (χ3v) is 14.8. The summed E-state index contributed by atoms with van der Waals surface area (Å²) < 4.78 is 2.64. The summed E-state index contributed by atoms with van der Waals surface area (Å²) in [5.41, 5.74) is 20.6. The molecule has 1 aromatic heterocycles. The Bertz CT molecular complexity index is 3190. The smallest absolute Gasteiger partial charge is 0.0543 e. The number of para-hydroxylation sites is 1. The summed E-state index contributed by atoms with van der Waals surface area (Å²) in [5.74, 6) is 0. The van der Waals surface area contributed by atoms with Crippen LogP contribution in [0.1, 0.15) is 76.3 Å². The van der Waals surface area contributed by atoms with Gasteiger partial charge >= 0.3 is 0 Å². The molecule has 0 aliphatic heterocycles. The average Bonchev–Trinajstić information content (AvgIpc) is 3.83. The molecule has 2 heteroatoms. The second kappa shape index (κ2) is 13.1. The molecule has 2 aliphatic rings. The van der Waals surface area contributed by atoms with E-state index in [2.05, 4.69) is 223 Å². The summed E-state index contributed by atoms with van der Waals surface area (Å²) in [5, 5.41) is 2.63. The molecule has 8 aromatic carbocycles. The van der Waals surface area contributed by atoms with Crippen molar-refractivity contribution < 1.29 is 0 Å². The van der Waals surface area contributed by atoms with Crippen LogP contribution in [0.15, 0.2) is 170 Å². The topological polar surface area (TPSA) is 3.24 Å². The third-order valence-electron chi connectivity index (χ3n) is 13.7. The zero-order valence-corrected chi connectivity index (χ0v) is 36.3. The Hall–Kier alpha value is -6.22. The fourth-order valence-electron chi connectivity index (χ4n) is 10.3. The molecule has 0 spiro atoms. The Morgan fingerprint density at radius 2 is 1.05 bits per heavy atom. The number of rotatable bonds is 5. The normalized spacial score (nSPS) is 14.5. The van der Waals surface area contributed by atoms with Gasteiger partial charge in [0.15, 0.2) is 0 Å². The highest BCUT2D eigenvalue weighted by Crippen LogP contribution is 2.55. The van der Waals surface area contributed by atoms with Gasteiger partial charge in [-0.15, -0.1) is 11.3 Å². The zero-order valence-electron chi connectivity index (χ0n) is 35.5. The van der Waals surface area contributed by atoms with E-state index in [1.54, 1.807) is 0 Å². The molecule has 0 atom stereocenters. The maximum absolute atomic E-state index is 2.51. The van der Waals surface area contributed by atoms with Gasteiger partial charge in [-0.1, -0.05) is 170 Å². The predicted molar refractivity (Wildman–Crippen MR) is 259 cm³/mol. The van der Waals surface area contributed by atoms with Gasteiger partial charge in [-0.2, -0.15) is 0 Å². The Morgan fingerprint density at radius 3 is 1.87 bits per heavy atom. The van der Waals surface area contributed by atoms with Crippen molar-refractivity contribution in [2.75, 3.05) is 4.90 Å². The van der Waals surface area contributed by atoms with Crippen LogP contribution in [0.2, 0.25) is 0 Å². The minimum atomic E-state index is -0.114. The second-order valence-electron chi connectivity index (χ2n) is 19.0. The molecular formula is C58H49NS. The Balaban J connectivity index is 1.07. The van der Waals surface area contributed by atoms with Gasteiger partial charge in [-0.05, 0) is 115 Å². The fraction of sp³-hybridized carbons (Fsp3) is 0.172. The van der Waals surface area contributed by atoms with Gasteiger partial charge in [-0.3, -0.25) is 0 Å². The Morgan fingerprint density at radius 1 is 0.417 bits per heavy atom. The van der Waals surface area contributed by atoms with Gasteiger partial charge in [0.2, 0.25) is 0 Å². The molecule has 0 saturated carbocycles. The maximum Gasteiger partial charge on any atom is 0.0543 e. The number of thiophene rings is 1. The van der Waals surface area contributed by atoms with Crippen LogP contribution in [0.4, 0.5) is 17.1 Å². The molecule has 1 heterocycles. The molecule has 2 aliphatic carbocycles. The molecule has 0 radical (unpaired) electrons. The van der Waals surface area contributed by atoms with E-state index in [0.29, 0.717) is 0 Å². The maximum atomic E-state index is 2.51. The van der Waals surface area contributed by atoms with Crippen molar-refractivity contribution in [3.63, 3.8) is 0 Å². The first-order valence-corrected chi connectivity index (χ1v) is 22.2. The lowest BCUT2D eigenvalue weighted by Crippen LogP contribution is -2.17. The fourth-order valence-corrected chi connectivity index (χ4v) is 11.4. The summed E-state index contributed by atoms with van der Waals surface area (Å²) in [7, 11) is 0. The van der Waals surface area contributed by atoms with Gasteiger partial charge in [0.05, 0.1) is 11.4 Å². The van der Waals surface area contributed by atoms with E-state index in [0.717, 1.165) is 11.4 Å². The van der Waals surface area contributed by atoms with Crippen LogP contribution in [0, 0.1) is 0 Å². The predicted octanol–water partition coefficient (Wildman–Crippen LogP) is 16.8. The summed E-state index contributed by atoms with van der Waals surface area (Å²) in [4.78, 5) is 2.51. The highest BCUT2D eigenvalue weighted by Gasteiger charge is 2.39. The number of hydrogen-bond donors (Lipinski definition) is 0. The lowest BCUT2D eigenvalue weighted by Gasteiger charge is -2.30. The molecule has 292 valence electrons. The van der Waals surface area contributed by atoms with Crippen LogP contribution in [0.3, 0.4) is 0 Å². The summed E-state index contributed by atoms with van der Waals surface area (Å²) in [6.07, 6.45) is 0. The number of nitrogens with zero attached hydrogens (tertiary/aromatic N) is 1. The molecule has 0 amide bonds. The van der Waals surface area contributed by atoms with Crippen LogP contribution in [0.5, 0.6) is 0 Å². The van der Waals surface area contributed by atoms with Gasteiger partial charge in [0, 0.05) is 47.8 Å². The van der Waals surface area contributed by atoms with Crippen molar-refractivity contribution in [1.29, 1.82) is 0 Å². The van der Waals surface area contributed by atoms with Crippen molar-refractivity contribution in [2.45, 2.75) is 64.7 Å². The molecule has 9 aromatic rings. The molecule has 1 nitrogen and oxygen atoms in total. The van der Waals surface area contributed by atoms with Crippen molar-refractivity contribution in [1.82, 2.24) is 0 Å². The largest absolute Gasteiger partial charge is 0.309 e. The lowest BCUT2D eigenvalue weighted by molar-refractivity contribution is 0.584. The molecule has 60 heavy (non-hydrogen) atoms. The first-order valence-electron chi connectivity index (χ1n) is 21.3. The van der Waals surface area contributed by atoms with E-state index in [9.17, 15) is 0 Å². The monoisotopic (exact) mass is 791 g/mol. The molecule has 11 rings (SSSR count). The van der Waals surface area contributed by atoms with E-state index >= 15 is 0 Å².